The molecular formula is C3H6ClFO2. The molecule has 0 rings (SSSR count). The molecule has 2 nitrogen and oxygen atoms in total. The number of aliphatic hydroxyl groups excluding tert-OH is 2. The van der Waals surface area contributed by atoms with Gasteiger partial charge in [0.1, 0.15) is 6.10 Å². The highest BCUT2D eigenvalue weighted by Crippen LogP contribution is 1.95. The minimum Gasteiger partial charge on any atom is -0.386 e. The summed E-state index contributed by atoms with van der Waals surface area (Å²) in [5.74, 6) is -0.280. The Balaban J connectivity index is 3.14. The number of aliphatic hydroxyl groups is 2. The lowest BCUT2D eigenvalue weighted by Crippen LogP contribution is -2.22. The van der Waals surface area contributed by atoms with Crippen molar-refractivity contribution in [3.05, 3.63) is 0 Å². The van der Waals surface area contributed by atoms with E-state index in [9.17, 15) is 4.39 Å². The molecule has 0 heterocycles. The van der Waals surface area contributed by atoms with Gasteiger partial charge in [0, 0.05) is 0 Å². The van der Waals surface area contributed by atoms with Gasteiger partial charge >= 0.3 is 0 Å². The molecule has 0 aliphatic carbocycles. The number of hydrogen-bond acceptors (Lipinski definition) is 2. The molecule has 0 bridgehead atoms. The van der Waals surface area contributed by atoms with Crippen molar-refractivity contribution in [3.8, 4) is 0 Å². The predicted octanol–water partition coefficient (Wildman–Crippen LogP) is -0.126. The third-order valence-corrected chi connectivity index (χ3v) is 0.792. The molecule has 0 radical (unpaired) electrons. The Hall–Kier alpha value is 0.140. The average molecular weight is 129 g/mol. The summed E-state index contributed by atoms with van der Waals surface area (Å²) in [6, 6.07) is 0. The van der Waals surface area contributed by atoms with Crippen molar-refractivity contribution in [2.24, 2.45) is 0 Å². The van der Waals surface area contributed by atoms with E-state index in [-0.39, 0.29) is 5.88 Å². The van der Waals surface area contributed by atoms with E-state index in [2.05, 4.69) is 0 Å². The number of rotatable bonds is 2. The largest absolute Gasteiger partial charge is 0.386 e. The first-order valence-corrected chi connectivity index (χ1v) is 2.28. The molecule has 0 aliphatic rings. The fraction of sp³-hybridized carbons (Fsp3) is 1.00. The summed E-state index contributed by atoms with van der Waals surface area (Å²) in [5, 5.41) is 16.0. The van der Waals surface area contributed by atoms with Crippen LogP contribution in [0.5, 0.6) is 0 Å². The van der Waals surface area contributed by atoms with Crippen LogP contribution in [0.1, 0.15) is 0 Å². The van der Waals surface area contributed by atoms with Crippen molar-refractivity contribution < 1.29 is 14.6 Å². The summed E-state index contributed by atoms with van der Waals surface area (Å²) >= 11 is 4.90. The Bertz CT molecular complexity index is 50.2. The molecule has 2 N–H and O–H groups in total. The van der Waals surface area contributed by atoms with Crippen molar-refractivity contribution in [1.82, 2.24) is 0 Å². The molecule has 0 aromatic heterocycles. The Morgan fingerprint density at radius 2 is 2.00 bits per heavy atom. The van der Waals surface area contributed by atoms with Gasteiger partial charge in [0.15, 0.2) is 0 Å². The first kappa shape index (κ1) is 7.14. The van der Waals surface area contributed by atoms with E-state index in [1.54, 1.807) is 0 Å². The van der Waals surface area contributed by atoms with Crippen molar-refractivity contribution in [2.75, 3.05) is 5.88 Å². The zero-order valence-electron chi connectivity index (χ0n) is 3.51. The lowest BCUT2D eigenvalue weighted by molar-refractivity contribution is -0.0542. The highest BCUT2D eigenvalue weighted by atomic mass is 35.5. The minimum absolute atomic E-state index is 0.280. The van der Waals surface area contributed by atoms with Gasteiger partial charge < -0.3 is 10.2 Å². The Kier molecular flexibility index (Phi) is 3.25. The number of alkyl halides is 2. The molecule has 0 saturated heterocycles. The van der Waals surface area contributed by atoms with Crippen LogP contribution in [0.4, 0.5) is 4.39 Å². The average Bonchev–Trinajstić information content (AvgIpc) is 1.65. The lowest BCUT2D eigenvalue weighted by Gasteiger charge is -2.03. The molecule has 44 valence electrons. The summed E-state index contributed by atoms with van der Waals surface area (Å²) in [5.41, 5.74) is 0. The molecule has 0 amide bonds. The molecule has 0 fully saturated rings. The van der Waals surface area contributed by atoms with E-state index < -0.39 is 12.5 Å². The van der Waals surface area contributed by atoms with Crippen LogP contribution in [-0.4, -0.2) is 28.6 Å². The van der Waals surface area contributed by atoms with E-state index in [1.165, 1.54) is 0 Å². The topological polar surface area (TPSA) is 40.5 Å². The number of hydrogen-bond donors (Lipinski definition) is 2. The van der Waals surface area contributed by atoms with Gasteiger partial charge in [0.25, 0.3) is 0 Å². The zero-order chi connectivity index (χ0) is 5.86. The normalized spacial score (nSPS) is 18.9. The van der Waals surface area contributed by atoms with Crippen LogP contribution in [0, 0.1) is 0 Å². The monoisotopic (exact) mass is 128 g/mol. The first-order valence-electron chi connectivity index (χ1n) is 1.74. The highest BCUT2D eigenvalue weighted by molar-refractivity contribution is 6.18. The summed E-state index contributed by atoms with van der Waals surface area (Å²) in [6.45, 7) is 0. The van der Waals surface area contributed by atoms with Gasteiger partial charge in [-0.1, -0.05) is 0 Å². The van der Waals surface area contributed by atoms with E-state index in [0.717, 1.165) is 0 Å². The summed E-state index contributed by atoms with van der Waals surface area (Å²) in [7, 11) is 0. The predicted molar refractivity (Wildman–Crippen MR) is 23.8 cm³/mol. The molecule has 4 heteroatoms. The first-order chi connectivity index (χ1) is 3.18. The molecule has 0 saturated carbocycles. The molecule has 0 aromatic rings. The van der Waals surface area contributed by atoms with Gasteiger partial charge in [0.2, 0.25) is 6.36 Å². The van der Waals surface area contributed by atoms with Crippen LogP contribution in [-0.2, 0) is 0 Å². The quantitative estimate of drug-likeness (QED) is 0.509. The smallest absolute Gasteiger partial charge is 0.223 e. The standard InChI is InChI=1S/C3H6ClFO2/c4-1-2(6)3(5)7/h2-3,6-7H,1H2. The van der Waals surface area contributed by atoms with Gasteiger partial charge in [-0.05, 0) is 0 Å². The molecule has 0 spiro atoms. The van der Waals surface area contributed by atoms with Crippen molar-refractivity contribution in [1.29, 1.82) is 0 Å². The third kappa shape index (κ3) is 2.79. The molecule has 0 aliphatic heterocycles. The van der Waals surface area contributed by atoms with Gasteiger partial charge in [0.05, 0.1) is 5.88 Å². The summed E-state index contributed by atoms with van der Waals surface area (Å²) in [6.07, 6.45) is -3.65. The maximum atomic E-state index is 11.3. The van der Waals surface area contributed by atoms with Gasteiger partial charge in [-0.2, -0.15) is 0 Å². The van der Waals surface area contributed by atoms with Crippen molar-refractivity contribution >= 4 is 11.6 Å². The van der Waals surface area contributed by atoms with E-state index in [4.69, 9.17) is 21.8 Å². The van der Waals surface area contributed by atoms with Crippen LogP contribution in [0.15, 0.2) is 0 Å². The maximum absolute atomic E-state index is 11.3. The minimum atomic E-state index is -2.21. The van der Waals surface area contributed by atoms with Crippen LogP contribution in [0.3, 0.4) is 0 Å². The summed E-state index contributed by atoms with van der Waals surface area (Å²) in [4.78, 5) is 0. The fourth-order valence-electron chi connectivity index (χ4n) is 0.0735. The zero-order valence-corrected chi connectivity index (χ0v) is 4.27. The van der Waals surface area contributed by atoms with Gasteiger partial charge in [-0.25, -0.2) is 4.39 Å². The Labute approximate surface area is 45.5 Å². The van der Waals surface area contributed by atoms with E-state index in [1.807, 2.05) is 0 Å². The molecule has 2 atom stereocenters. The van der Waals surface area contributed by atoms with Crippen LogP contribution < -0.4 is 0 Å². The molecular weight excluding hydrogens is 122 g/mol. The molecule has 7 heavy (non-hydrogen) atoms. The second-order valence-electron chi connectivity index (χ2n) is 1.09. The highest BCUT2D eigenvalue weighted by Gasteiger charge is 2.11. The Morgan fingerprint density at radius 1 is 1.57 bits per heavy atom. The Morgan fingerprint density at radius 3 is 2.00 bits per heavy atom. The molecule has 0 aromatic carbocycles. The van der Waals surface area contributed by atoms with Crippen molar-refractivity contribution in [3.63, 3.8) is 0 Å². The SMILES string of the molecule is OC(F)C(O)CCl. The number of halogens is 2. The summed E-state index contributed by atoms with van der Waals surface area (Å²) < 4.78 is 11.3. The second kappa shape index (κ2) is 3.18. The third-order valence-electron chi connectivity index (χ3n) is 0.476. The van der Waals surface area contributed by atoms with Crippen LogP contribution in [0.25, 0.3) is 0 Å². The second-order valence-corrected chi connectivity index (χ2v) is 1.40. The van der Waals surface area contributed by atoms with Crippen LogP contribution in [0.2, 0.25) is 0 Å². The fourth-order valence-corrected chi connectivity index (χ4v) is 0.221. The van der Waals surface area contributed by atoms with Gasteiger partial charge in [-0.15, -0.1) is 11.6 Å². The van der Waals surface area contributed by atoms with Gasteiger partial charge in [-0.3, -0.25) is 0 Å². The van der Waals surface area contributed by atoms with Crippen molar-refractivity contribution in [2.45, 2.75) is 12.5 Å². The maximum Gasteiger partial charge on any atom is 0.223 e. The van der Waals surface area contributed by atoms with E-state index >= 15 is 0 Å². The molecule has 2 unspecified atom stereocenters. The van der Waals surface area contributed by atoms with Crippen LogP contribution >= 0.6 is 11.6 Å². The lowest BCUT2D eigenvalue weighted by atomic mass is 10.4. The van der Waals surface area contributed by atoms with E-state index in [0.29, 0.717) is 0 Å².